The van der Waals surface area contributed by atoms with E-state index in [1.807, 2.05) is 0 Å². The maximum atomic E-state index is 12.1. The van der Waals surface area contributed by atoms with E-state index in [0.29, 0.717) is 0 Å². The fourth-order valence-corrected chi connectivity index (χ4v) is 12.1. The summed E-state index contributed by atoms with van der Waals surface area (Å²) in [6, 6.07) is 17.7. The van der Waals surface area contributed by atoms with Crippen molar-refractivity contribution < 1.29 is 22.7 Å². The third kappa shape index (κ3) is 31.3. The first-order valence-corrected chi connectivity index (χ1v) is 33.3. The second kappa shape index (κ2) is 47.5. The molecule has 0 bridgehead atoms. The van der Waals surface area contributed by atoms with Crippen molar-refractivity contribution in [1.29, 1.82) is 0 Å². The van der Waals surface area contributed by atoms with E-state index in [1.54, 1.807) is 4.70 Å². The van der Waals surface area contributed by atoms with Crippen LogP contribution in [-0.2, 0) is 30.8 Å². The maximum absolute atomic E-state index is 12.1. The molecule has 0 saturated heterocycles. The van der Waals surface area contributed by atoms with Gasteiger partial charge in [-0.15, -0.1) is 11.8 Å². The second-order valence-corrected chi connectivity index (χ2v) is 23.6. The van der Waals surface area contributed by atoms with Gasteiger partial charge in [0.15, 0.2) is 0 Å². The zero-order chi connectivity index (χ0) is 51.1. The van der Waals surface area contributed by atoms with Crippen LogP contribution in [0.15, 0.2) is 59.7 Å². The van der Waals surface area contributed by atoms with E-state index >= 15 is 0 Å². The number of allylic oxidation sites excluding steroid dienone is 2. The Morgan fingerprint density at radius 2 is 0.789 bits per heavy atom. The predicted molar refractivity (Wildman–Crippen MR) is 314 cm³/mol. The summed E-state index contributed by atoms with van der Waals surface area (Å²) < 4.78 is 1.57. The number of hydrogen-bond donors (Lipinski definition) is 0. The van der Waals surface area contributed by atoms with Crippen molar-refractivity contribution in [2.24, 2.45) is 0 Å². The number of hydrogen-bond acceptors (Lipinski definition) is 0. The van der Waals surface area contributed by atoms with Gasteiger partial charge >= 0.3 is 93.0 Å². The summed E-state index contributed by atoms with van der Waals surface area (Å²) in [5.41, 5.74) is 21.8. The van der Waals surface area contributed by atoms with E-state index in [0.717, 1.165) is 99.1 Å². The van der Waals surface area contributed by atoms with E-state index in [-0.39, 0.29) is 0 Å². The molecular weight excluding hydrogens is 951 g/mol. The molecule has 0 radical (unpaired) electrons. The van der Waals surface area contributed by atoms with Crippen LogP contribution in [0.3, 0.4) is 0 Å². The van der Waals surface area contributed by atoms with Crippen LogP contribution in [0.5, 0.6) is 0 Å². The number of nitrogens with zero attached hydrogens (tertiary/aromatic N) is 2. The van der Waals surface area contributed by atoms with Crippen LogP contribution in [0.2, 0.25) is 9.79 Å². The van der Waals surface area contributed by atoms with Gasteiger partial charge in [-0.25, -0.2) is 4.70 Å². The van der Waals surface area contributed by atoms with Gasteiger partial charge in [-0.1, -0.05) is 212 Å². The van der Waals surface area contributed by atoms with Gasteiger partial charge in [-0.3, -0.25) is 0 Å². The van der Waals surface area contributed by atoms with E-state index in [2.05, 4.69) is 102 Å². The minimum absolute atomic E-state index is 0.863. The van der Waals surface area contributed by atoms with Crippen LogP contribution in [0.4, 0.5) is 0 Å². The molecule has 1 aliphatic rings. The first kappa shape index (κ1) is 64.9. The Morgan fingerprint density at radius 3 is 1.28 bits per heavy atom. The van der Waals surface area contributed by atoms with Crippen LogP contribution >= 0.6 is 0 Å². The zero-order valence-electron chi connectivity index (χ0n) is 47.9. The Bertz CT molecular complexity index is 1690. The van der Waals surface area contributed by atoms with Gasteiger partial charge in [-0.2, -0.15) is 0 Å². The van der Waals surface area contributed by atoms with Gasteiger partial charge in [0, 0.05) is 35.1 Å². The Labute approximate surface area is 451 Å². The van der Waals surface area contributed by atoms with Crippen LogP contribution < -0.4 is 0 Å². The van der Waals surface area contributed by atoms with Crippen molar-refractivity contribution in [1.82, 2.24) is 0 Å². The van der Waals surface area contributed by atoms with Crippen molar-refractivity contribution in [2.45, 2.75) is 321 Å². The van der Waals surface area contributed by atoms with E-state index in [1.165, 1.54) is 243 Å². The molecule has 406 valence electrons. The molecule has 71 heavy (non-hydrogen) atoms. The number of unbranched alkanes of at least 4 members (excludes halogenated alkanes) is 31. The topological polar surface area (TPSA) is 25.3 Å². The Balaban J connectivity index is 0.00000116. The molecule has 0 N–H and O–H groups in total. The Kier molecular flexibility index (Phi) is 43.3. The monoisotopic (exact) mass is 1060 g/mol. The van der Waals surface area contributed by atoms with Crippen LogP contribution in [0.25, 0.3) is 16.9 Å². The van der Waals surface area contributed by atoms with Crippen LogP contribution in [0.1, 0.15) is 321 Å². The fraction of sp³-hybridized carbons (Fsp3) is 0.735. The SMILES string of the molecule is CCCCCCCCCCCCCCCCCCCCCCCCC#CCCc1ccccc1C1=C(CCCC)C(CCCC)=C(c2cccc(CCCC)c2)[N+]1=[N-].CCCCC[CH2][Pd][CH2]CCCCC. The fourth-order valence-electron chi connectivity index (χ4n) is 10.1. The van der Waals surface area contributed by atoms with Crippen LogP contribution in [0, 0.1) is 11.8 Å². The summed E-state index contributed by atoms with van der Waals surface area (Å²) in [6.07, 6.45) is 55.7. The van der Waals surface area contributed by atoms with Gasteiger partial charge in [0.1, 0.15) is 0 Å². The van der Waals surface area contributed by atoms with Crippen LogP contribution in [-0.4, -0.2) is 4.70 Å². The summed E-state index contributed by atoms with van der Waals surface area (Å²) in [6.45, 7) is 13.7. The molecule has 1 aliphatic heterocycles. The minimum atomic E-state index is 0.863. The molecule has 0 atom stereocenters. The van der Waals surface area contributed by atoms with Crippen molar-refractivity contribution in [2.75, 3.05) is 0 Å². The van der Waals surface area contributed by atoms with E-state index in [9.17, 15) is 5.53 Å². The first-order valence-electron chi connectivity index (χ1n) is 31.1. The quantitative estimate of drug-likeness (QED) is 0.0273. The van der Waals surface area contributed by atoms with Crippen molar-refractivity contribution >= 4 is 11.4 Å². The number of aryl methyl sites for hydroxylation is 2. The molecule has 0 amide bonds. The third-order valence-electron chi connectivity index (χ3n) is 14.7. The molecule has 0 aliphatic carbocycles. The summed E-state index contributed by atoms with van der Waals surface area (Å²) in [5.74, 6) is 7.01. The molecule has 0 aromatic heterocycles. The second-order valence-electron chi connectivity index (χ2n) is 21.3. The average Bonchev–Trinajstić information content (AvgIpc) is 3.67. The van der Waals surface area contributed by atoms with Gasteiger partial charge in [-0.05, 0) is 80.7 Å². The van der Waals surface area contributed by atoms with Gasteiger partial charge in [0.2, 0.25) is 11.4 Å². The molecule has 0 unspecified atom stereocenters. The predicted octanol–water partition coefficient (Wildman–Crippen LogP) is 23.6. The zero-order valence-corrected chi connectivity index (χ0v) is 49.5. The molecule has 2 aromatic carbocycles. The molecule has 0 fully saturated rings. The molecule has 0 saturated carbocycles. The van der Waals surface area contributed by atoms with Crippen molar-refractivity contribution in [3.05, 3.63) is 87.5 Å². The normalized spacial score (nSPS) is 12.5. The molecule has 3 heteroatoms. The number of rotatable bonds is 45. The molecule has 2 aromatic rings. The summed E-state index contributed by atoms with van der Waals surface area (Å²) >= 11 is 1.07. The number of benzene rings is 2. The summed E-state index contributed by atoms with van der Waals surface area (Å²) in [7, 11) is 0. The summed E-state index contributed by atoms with van der Waals surface area (Å²) in [5, 5.41) is 0. The summed E-state index contributed by atoms with van der Waals surface area (Å²) in [4.78, 5) is 3.06. The Hall–Kier alpha value is -2.26. The van der Waals surface area contributed by atoms with Gasteiger partial charge < -0.3 is 5.53 Å². The van der Waals surface area contributed by atoms with Gasteiger partial charge in [0.25, 0.3) is 0 Å². The third-order valence-corrected chi connectivity index (χ3v) is 16.9. The Morgan fingerprint density at radius 1 is 0.380 bits per heavy atom. The average molecular weight is 1070 g/mol. The molecule has 2 nitrogen and oxygen atoms in total. The first-order chi connectivity index (χ1) is 35.1. The van der Waals surface area contributed by atoms with Crippen molar-refractivity contribution in [3.63, 3.8) is 0 Å². The van der Waals surface area contributed by atoms with E-state index in [4.69, 9.17) is 0 Å². The van der Waals surface area contributed by atoms with Crippen molar-refractivity contribution in [3.8, 4) is 11.8 Å². The molecule has 1 heterocycles. The van der Waals surface area contributed by atoms with E-state index < -0.39 is 0 Å². The van der Waals surface area contributed by atoms with Gasteiger partial charge in [0.05, 0.1) is 0 Å². The standard InChI is InChI=1S/C56H88N2.2C6H13.Pd/c1-5-9-13-14-15-16-17-18-19-20-21-22-23-24-25-26-27-28-29-30-31-32-33-34-35-36-42-50-43-37-38-47-52(50)56-54(46-12-8-4)53(45-11-7-3)55(58(56)57)51-44-39-41-49(48-51)40-10-6-2;2*1-3-5-6-4-2;/h37-39,41,43-44,47-48H,5-33,36,40,42,45-46H2,1-4H3;2*1,3-6H2,2H3;. The molecule has 3 rings (SSSR count). The molecule has 0 spiro atoms. The molecular formula is C68H114N2Pd.